The van der Waals surface area contributed by atoms with Crippen LogP contribution in [0, 0.1) is 12.8 Å². The molecule has 0 saturated heterocycles. The van der Waals surface area contributed by atoms with Crippen molar-refractivity contribution >= 4 is 0 Å². The monoisotopic (exact) mass is 209 g/mol. The summed E-state index contributed by atoms with van der Waals surface area (Å²) in [4.78, 5) is 0. The van der Waals surface area contributed by atoms with Gasteiger partial charge in [-0.15, -0.1) is 0 Å². The summed E-state index contributed by atoms with van der Waals surface area (Å²) in [5, 5.41) is 3.19. The minimum atomic E-state index is 0.439. The predicted molar refractivity (Wildman–Crippen MR) is 58.7 cm³/mol. The number of aryl methyl sites for hydroxylation is 1. The van der Waals surface area contributed by atoms with Gasteiger partial charge in [0.1, 0.15) is 18.1 Å². The van der Waals surface area contributed by atoms with Gasteiger partial charge in [0.05, 0.1) is 6.10 Å². The summed E-state index contributed by atoms with van der Waals surface area (Å²) >= 11 is 0. The van der Waals surface area contributed by atoms with Crippen molar-refractivity contribution in [3.63, 3.8) is 0 Å². The van der Waals surface area contributed by atoms with Crippen molar-refractivity contribution in [2.45, 2.75) is 32.5 Å². The zero-order chi connectivity index (χ0) is 10.7. The zero-order valence-electron chi connectivity index (χ0n) is 9.45. The molecule has 2 rings (SSSR count). The van der Waals surface area contributed by atoms with Crippen molar-refractivity contribution in [2.24, 2.45) is 5.92 Å². The van der Waals surface area contributed by atoms with E-state index in [1.807, 2.05) is 26.1 Å². The molecule has 0 amide bonds. The molecule has 0 spiro atoms. The highest BCUT2D eigenvalue weighted by atomic mass is 16.5. The Labute approximate surface area is 90.8 Å². The van der Waals surface area contributed by atoms with E-state index in [4.69, 9.17) is 9.15 Å². The van der Waals surface area contributed by atoms with Gasteiger partial charge in [-0.1, -0.05) is 0 Å². The molecular weight excluding hydrogens is 190 g/mol. The van der Waals surface area contributed by atoms with Gasteiger partial charge in [0.25, 0.3) is 0 Å². The van der Waals surface area contributed by atoms with E-state index >= 15 is 0 Å². The average molecular weight is 209 g/mol. The van der Waals surface area contributed by atoms with Gasteiger partial charge in [-0.3, -0.25) is 0 Å². The number of ether oxygens (including phenoxy) is 1. The first-order chi connectivity index (χ1) is 7.28. The lowest BCUT2D eigenvalue weighted by molar-refractivity contribution is -0.0448. The Hall–Kier alpha value is -0.800. The van der Waals surface area contributed by atoms with Gasteiger partial charge < -0.3 is 14.5 Å². The Morgan fingerprint density at radius 1 is 1.47 bits per heavy atom. The molecule has 1 aromatic rings. The van der Waals surface area contributed by atoms with Crippen molar-refractivity contribution in [2.75, 3.05) is 13.6 Å². The second-order valence-corrected chi connectivity index (χ2v) is 4.34. The van der Waals surface area contributed by atoms with E-state index in [1.54, 1.807) is 0 Å². The van der Waals surface area contributed by atoms with Gasteiger partial charge in [-0.2, -0.15) is 0 Å². The quantitative estimate of drug-likeness (QED) is 0.806. The van der Waals surface area contributed by atoms with Crippen molar-refractivity contribution < 1.29 is 9.15 Å². The van der Waals surface area contributed by atoms with Crippen LogP contribution in [0.4, 0.5) is 0 Å². The van der Waals surface area contributed by atoms with Crippen molar-refractivity contribution in [1.29, 1.82) is 0 Å². The maximum atomic E-state index is 5.73. The minimum absolute atomic E-state index is 0.439. The first-order valence-electron chi connectivity index (χ1n) is 5.59. The van der Waals surface area contributed by atoms with Gasteiger partial charge >= 0.3 is 0 Å². The van der Waals surface area contributed by atoms with Crippen LogP contribution in [0.3, 0.4) is 0 Å². The summed E-state index contributed by atoms with van der Waals surface area (Å²) in [7, 11) is 2.00. The Balaban J connectivity index is 1.64. The molecule has 0 aliphatic heterocycles. The Morgan fingerprint density at radius 2 is 2.27 bits per heavy atom. The van der Waals surface area contributed by atoms with E-state index in [1.165, 1.54) is 12.8 Å². The second-order valence-electron chi connectivity index (χ2n) is 4.34. The second kappa shape index (κ2) is 4.81. The van der Waals surface area contributed by atoms with Gasteiger partial charge in [0.2, 0.25) is 0 Å². The highest BCUT2D eigenvalue weighted by molar-refractivity contribution is 5.04. The van der Waals surface area contributed by atoms with Gasteiger partial charge in [-0.05, 0) is 51.4 Å². The summed E-state index contributed by atoms with van der Waals surface area (Å²) in [6.07, 6.45) is 2.80. The Kier molecular flexibility index (Phi) is 3.44. The SMILES string of the molecule is CNCC1CC(OCc2ccc(C)o2)C1. The van der Waals surface area contributed by atoms with Crippen molar-refractivity contribution in [1.82, 2.24) is 5.32 Å². The van der Waals surface area contributed by atoms with Crippen LogP contribution in [-0.4, -0.2) is 19.7 Å². The van der Waals surface area contributed by atoms with Crippen LogP contribution in [0.25, 0.3) is 0 Å². The average Bonchev–Trinajstić information content (AvgIpc) is 2.55. The molecule has 1 aliphatic carbocycles. The third-order valence-electron chi connectivity index (χ3n) is 2.94. The lowest BCUT2D eigenvalue weighted by atomic mass is 9.82. The number of hydrogen-bond acceptors (Lipinski definition) is 3. The summed E-state index contributed by atoms with van der Waals surface area (Å²) in [5.41, 5.74) is 0. The molecular formula is C12H19NO2. The molecule has 3 heteroatoms. The molecule has 1 N–H and O–H groups in total. The molecule has 3 nitrogen and oxygen atoms in total. The molecule has 0 bridgehead atoms. The van der Waals surface area contributed by atoms with Crippen molar-refractivity contribution in [3.05, 3.63) is 23.7 Å². The van der Waals surface area contributed by atoms with E-state index in [-0.39, 0.29) is 0 Å². The van der Waals surface area contributed by atoms with Crippen LogP contribution in [0.1, 0.15) is 24.4 Å². The van der Waals surface area contributed by atoms with E-state index in [9.17, 15) is 0 Å². The fourth-order valence-electron chi connectivity index (χ4n) is 2.03. The number of hydrogen-bond donors (Lipinski definition) is 1. The lowest BCUT2D eigenvalue weighted by Gasteiger charge is -2.34. The van der Waals surface area contributed by atoms with Crippen LogP contribution in [0.15, 0.2) is 16.5 Å². The van der Waals surface area contributed by atoms with Crippen molar-refractivity contribution in [3.8, 4) is 0 Å². The summed E-state index contributed by atoms with van der Waals surface area (Å²) in [6, 6.07) is 3.96. The third-order valence-corrected chi connectivity index (χ3v) is 2.94. The van der Waals surface area contributed by atoms with Crippen LogP contribution in [-0.2, 0) is 11.3 Å². The molecule has 15 heavy (non-hydrogen) atoms. The van der Waals surface area contributed by atoms with Gasteiger partial charge in [-0.25, -0.2) is 0 Å². The molecule has 0 radical (unpaired) electrons. The number of furan rings is 1. The topological polar surface area (TPSA) is 34.4 Å². The molecule has 1 saturated carbocycles. The first kappa shape index (κ1) is 10.7. The van der Waals surface area contributed by atoms with E-state index < -0.39 is 0 Å². The minimum Gasteiger partial charge on any atom is -0.464 e. The fraction of sp³-hybridized carbons (Fsp3) is 0.667. The molecule has 0 unspecified atom stereocenters. The molecule has 1 fully saturated rings. The van der Waals surface area contributed by atoms with Crippen LogP contribution >= 0.6 is 0 Å². The summed E-state index contributed by atoms with van der Waals surface area (Å²) in [6.45, 7) is 3.68. The molecule has 0 aromatic carbocycles. The van der Waals surface area contributed by atoms with Gasteiger partial charge in [0.15, 0.2) is 0 Å². The zero-order valence-corrected chi connectivity index (χ0v) is 9.45. The maximum Gasteiger partial charge on any atom is 0.129 e. The Bertz CT molecular complexity index is 302. The van der Waals surface area contributed by atoms with Crippen LogP contribution < -0.4 is 5.32 Å². The molecule has 1 aliphatic rings. The third kappa shape index (κ3) is 2.83. The smallest absolute Gasteiger partial charge is 0.129 e. The number of rotatable bonds is 5. The highest BCUT2D eigenvalue weighted by Crippen LogP contribution is 2.30. The summed E-state index contributed by atoms with van der Waals surface area (Å²) in [5.74, 6) is 2.69. The van der Waals surface area contributed by atoms with Gasteiger partial charge in [0, 0.05) is 0 Å². The predicted octanol–water partition coefficient (Wildman–Crippen LogP) is 2.10. The van der Waals surface area contributed by atoms with E-state index in [2.05, 4.69) is 5.32 Å². The molecule has 1 aromatic heterocycles. The maximum absolute atomic E-state index is 5.73. The summed E-state index contributed by atoms with van der Waals surface area (Å²) < 4.78 is 11.2. The first-order valence-corrected chi connectivity index (χ1v) is 5.59. The van der Waals surface area contributed by atoms with E-state index in [0.29, 0.717) is 12.7 Å². The normalized spacial score (nSPS) is 25.2. The van der Waals surface area contributed by atoms with Crippen LogP contribution in [0.5, 0.6) is 0 Å². The largest absolute Gasteiger partial charge is 0.464 e. The Morgan fingerprint density at radius 3 is 2.87 bits per heavy atom. The van der Waals surface area contributed by atoms with E-state index in [0.717, 1.165) is 24.0 Å². The standard InChI is InChI=1S/C12H19NO2/c1-9-3-4-11(15-9)8-14-12-5-10(6-12)7-13-2/h3-4,10,12-13H,5-8H2,1-2H3. The fourth-order valence-corrected chi connectivity index (χ4v) is 2.03. The lowest BCUT2D eigenvalue weighted by Crippen LogP contribution is -2.36. The number of nitrogens with one attached hydrogen (secondary N) is 1. The van der Waals surface area contributed by atoms with Crippen LogP contribution in [0.2, 0.25) is 0 Å². The highest BCUT2D eigenvalue weighted by Gasteiger charge is 2.29. The molecule has 1 heterocycles. The molecule has 0 atom stereocenters. The molecule has 84 valence electrons.